The number of hydrogen-bond donors (Lipinski definition) is 1. The minimum absolute atomic E-state index is 0.0574. The topological polar surface area (TPSA) is 43.8 Å². The summed E-state index contributed by atoms with van der Waals surface area (Å²) >= 11 is 5.83. The van der Waals surface area contributed by atoms with Gasteiger partial charge in [-0.05, 0) is 38.2 Å². The number of hydrogen-bond acceptors (Lipinski definition) is 3. The maximum Gasteiger partial charge on any atom is 0.227 e. The number of likely N-dealkylation sites (tertiary alicyclic amines) is 1. The van der Waals surface area contributed by atoms with Crippen molar-refractivity contribution in [3.63, 3.8) is 0 Å². The average Bonchev–Trinajstić information content (AvgIpc) is 2.73. The minimum atomic E-state index is -0.779. The standard InChI is InChI=1S/C15H21ClN2O2/c1-17(2)10-15(20)7-8-18(11-15)14(19)9-12-3-5-13(16)6-4-12/h3-6,20H,7-11H2,1-2H3/t15-/m0/s1. The first-order chi connectivity index (χ1) is 9.38. The molecule has 1 aromatic rings. The number of benzene rings is 1. The van der Waals surface area contributed by atoms with Crippen LogP contribution in [0.5, 0.6) is 0 Å². The van der Waals surface area contributed by atoms with Crippen LogP contribution in [0.4, 0.5) is 0 Å². The molecule has 1 aliphatic rings. The molecule has 1 fully saturated rings. The van der Waals surface area contributed by atoms with Crippen molar-refractivity contribution < 1.29 is 9.90 Å². The van der Waals surface area contributed by atoms with Crippen molar-refractivity contribution in [3.05, 3.63) is 34.9 Å². The quantitative estimate of drug-likeness (QED) is 0.913. The maximum absolute atomic E-state index is 12.2. The second-order valence-corrected chi connectivity index (χ2v) is 6.27. The fourth-order valence-electron chi connectivity index (χ4n) is 2.68. The lowest BCUT2D eigenvalue weighted by molar-refractivity contribution is -0.130. The van der Waals surface area contributed by atoms with E-state index in [2.05, 4.69) is 0 Å². The first kappa shape index (κ1) is 15.3. The van der Waals surface area contributed by atoms with Gasteiger partial charge >= 0.3 is 0 Å². The van der Waals surface area contributed by atoms with Crippen LogP contribution in [0.2, 0.25) is 5.02 Å². The summed E-state index contributed by atoms with van der Waals surface area (Å²) in [4.78, 5) is 15.9. The second-order valence-electron chi connectivity index (χ2n) is 5.83. The fourth-order valence-corrected chi connectivity index (χ4v) is 2.80. The second kappa shape index (κ2) is 6.12. The molecule has 1 N–H and O–H groups in total. The van der Waals surface area contributed by atoms with Crippen LogP contribution in [0.1, 0.15) is 12.0 Å². The van der Waals surface area contributed by atoms with Gasteiger partial charge in [0.1, 0.15) is 0 Å². The number of amides is 1. The number of aliphatic hydroxyl groups is 1. The third-order valence-electron chi connectivity index (χ3n) is 3.56. The van der Waals surface area contributed by atoms with E-state index < -0.39 is 5.60 Å². The minimum Gasteiger partial charge on any atom is -0.387 e. The molecule has 1 heterocycles. The normalized spacial score (nSPS) is 22.6. The average molecular weight is 297 g/mol. The van der Waals surface area contributed by atoms with E-state index in [-0.39, 0.29) is 5.91 Å². The molecule has 5 heteroatoms. The predicted octanol–water partition coefficient (Wildman–Crippen LogP) is 1.41. The van der Waals surface area contributed by atoms with Gasteiger partial charge in [-0.2, -0.15) is 0 Å². The molecule has 0 radical (unpaired) electrons. The van der Waals surface area contributed by atoms with E-state index in [4.69, 9.17) is 11.6 Å². The van der Waals surface area contributed by atoms with Crippen LogP contribution in [0.3, 0.4) is 0 Å². The van der Waals surface area contributed by atoms with Gasteiger partial charge in [-0.3, -0.25) is 4.79 Å². The zero-order valence-electron chi connectivity index (χ0n) is 12.0. The third-order valence-corrected chi connectivity index (χ3v) is 3.82. The van der Waals surface area contributed by atoms with Crippen molar-refractivity contribution in [2.75, 3.05) is 33.7 Å². The SMILES string of the molecule is CN(C)C[C@@]1(O)CCN(C(=O)Cc2ccc(Cl)cc2)C1. The lowest BCUT2D eigenvalue weighted by Gasteiger charge is -2.26. The number of likely N-dealkylation sites (N-methyl/N-ethyl adjacent to an activating group) is 1. The molecule has 0 unspecified atom stereocenters. The summed E-state index contributed by atoms with van der Waals surface area (Å²) in [7, 11) is 3.85. The van der Waals surface area contributed by atoms with Gasteiger partial charge in [-0.25, -0.2) is 0 Å². The van der Waals surface area contributed by atoms with Crippen molar-refractivity contribution in [1.29, 1.82) is 0 Å². The molecule has 0 aromatic heterocycles. The Morgan fingerprint density at radius 3 is 2.65 bits per heavy atom. The monoisotopic (exact) mass is 296 g/mol. The summed E-state index contributed by atoms with van der Waals surface area (Å²) in [5.74, 6) is 0.0574. The van der Waals surface area contributed by atoms with E-state index in [9.17, 15) is 9.90 Å². The highest BCUT2D eigenvalue weighted by Crippen LogP contribution is 2.22. The van der Waals surface area contributed by atoms with Crippen molar-refractivity contribution in [1.82, 2.24) is 9.80 Å². The van der Waals surface area contributed by atoms with Crippen molar-refractivity contribution >= 4 is 17.5 Å². The van der Waals surface area contributed by atoms with Gasteiger partial charge in [0.2, 0.25) is 5.91 Å². The highest BCUT2D eigenvalue weighted by Gasteiger charge is 2.38. The Balaban J connectivity index is 1.93. The maximum atomic E-state index is 12.2. The molecule has 1 aliphatic heterocycles. The molecule has 1 saturated heterocycles. The van der Waals surface area contributed by atoms with E-state index in [0.717, 1.165) is 5.56 Å². The largest absolute Gasteiger partial charge is 0.387 e. The molecule has 110 valence electrons. The smallest absolute Gasteiger partial charge is 0.227 e. The summed E-state index contributed by atoms with van der Waals surface area (Å²) in [5, 5.41) is 11.1. The number of carbonyl (C=O) groups excluding carboxylic acids is 1. The van der Waals surface area contributed by atoms with Crippen molar-refractivity contribution in [2.45, 2.75) is 18.4 Å². The summed E-state index contributed by atoms with van der Waals surface area (Å²) in [6.45, 7) is 1.62. The highest BCUT2D eigenvalue weighted by atomic mass is 35.5. The Hall–Kier alpha value is -1.10. The molecule has 1 aromatic carbocycles. The summed E-state index contributed by atoms with van der Waals surface area (Å²) < 4.78 is 0. The number of halogens is 1. The zero-order valence-corrected chi connectivity index (χ0v) is 12.7. The summed E-state index contributed by atoms with van der Waals surface area (Å²) in [6, 6.07) is 7.30. The van der Waals surface area contributed by atoms with Crippen LogP contribution in [0.25, 0.3) is 0 Å². The molecule has 0 bridgehead atoms. The predicted molar refractivity (Wildman–Crippen MR) is 79.9 cm³/mol. The highest BCUT2D eigenvalue weighted by molar-refractivity contribution is 6.30. The van der Waals surface area contributed by atoms with E-state index in [0.29, 0.717) is 37.5 Å². The van der Waals surface area contributed by atoms with Gasteiger partial charge in [0, 0.05) is 18.1 Å². The molecule has 20 heavy (non-hydrogen) atoms. The van der Waals surface area contributed by atoms with Crippen LogP contribution >= 0.6 is 11.6 Å². The van der Waals surface area contributed by atoms with Crippen LogP contribution in [-0.2, 0) is 11.2 Å². The van der Waals surface area contributed by atoms with Gasteiger partial charge < -0.3 is 14.9 Å². The van der Waals surface area contributed by atoms with E-state index >= 15 is 0 Å². The Kier molecular flexibility index (Phi) is 4.68. The van der Waals surface area contributed by atoms with Gasteiger partial charge in [0.25, 0.3) is 0 Å². The summed E-state index contributed by atoms with van der Waals surface area (Å²) in [5.41, 5.74) is 0.168. The van der Waals surface area contributed by atoms with Crippen LogP contribution in [0.15, 0.2) is 24.3 Å². The first-order valence-corrected chi connectivity index (χ1v) is 7.15. The number of nitrogens with zero attached hydrogens (tertiary/aromatic N) is 2. The number of β-amino-alcohol motifs (C(OH)–C–C–N with tert-alkyl or cyclic N) is 1. The molecule has 4 nitrogen and oxygen atoms in total. The zero-order chi connectivity index (χ0) is 14.8. The van der Waals surface area contributed by atoms with E-state index in [1.807, 2.05) is 31.1 Å². The molecule has 2 rings (SSSR count). The molecular formula is C15H21ClN2O2. The van der Waals surface area contributed by atoms with Crippen LogP contribution < -0.4 is 0 Å². The van der Waals surface area contributed by atoms with Crippen molar-refractivity contribution in [2.24, 2.45) is 0 Å². The van der Waals surface area contributed by atoms with Crippen LogP contribution in [-0.4, -0.2) is 60.1 Å². The molecule has 0 aliphatic carbocycles. The molecule has 1 amide bonds. The third kappa shape index (κ3) is 3.95. The number of carbonyl (C=O) groups is 1. The van der Waals surface area contributed by atoms with E-state index in [1.54, 1.807) is 17.0 Å². The van der Waals surface area contributed by atoms with Gasteiger partial charge in [0.05, 0.1) is 18.6 Å². The van der Waals surface area contributed by atoms with Gasteiger partial charge in [-0.15, -0.1) is 0 Å². The first-order valence-electron chi connectivity index (χ1n) is 6.77. The lowest BCUT2D eigenvalue weighted by Crippen LogP contribution is -2.43. The Labute approximate surface area is 124 Å². The van der Waals surface area contributed by atoms with Gasteiger partial charge in [0.15, 0.2) is 0 Å². The molecule has 0 spiro atoms. The Morgan fingerprint density at radius 1 is 1.40 bits per heavy atom. The van der Waals surface area contributed by atoms with Crippen molar-refractivity contribution in [3.8, 4) is 0 Å². The summed E-state index contributed by atoms with van der Waals surface area (Å²) in [6.07, 6.45) is 0.993. The fraction of sp³-hybridized carbons (Fsp3) is 0.533. The lowest BCUT2D eigenvalue weighted by atomic mass is 10.0. The van der Waals surface area contributed by atoms with Gasteiger partial charge in [-0.1, -0.05) is 23.7 Å². The molecule has 0 saturated carbocycles. The van der Waals surface area contributed by atoms with E-state index in [1.165, 1.54) is 0 Å². The van der Waals surface area contributed by atoms with Crippen LogP contribution in [0, 0.1) is 0 Å². The molecule has 1 atom stereocenters. The molecular weight excluding hydrogens is 276 g/mol. The number of rotatable bonds is 4. The Bertz CT molecular complexity index is 475. The Morgan fingerprint density at radius 2 is 2.05 bits per heavy atom.